The number of hydrogen-bond donors (Lipinski definition) is 1. The fraction of sp³-hybridized carbons (Fsp3) is 0.906. The van der Waals surface area contributed by atoms with E-state index >= 15 is 0 Å². The van der Waals surface area contributed by atoms with Gasteiger partial charge in [0.1, 0.15) is 6.61 Å². The molecule has 216 valence electrons. The second kappa shape index (κ2) is 11.9. The van der Waals surface area contributed by atoms with Crippen LogP contribution in [0.2, 0.25) is 0 Å². The molecule has 38 heavy (non-hydrogen) atoms. The number of fused-ring (bicyclic) bond motifs is 5. The van der Waals surface area contributed by atoms with E-state index in [1.54, 1.807) is 6.21 Å². The zero-order chi connectivity index (χ0) is 26.8. The molecule has 1 heterocycles. The number of nitrogens with zero attached hydrogens (tertiary/aromatic N) is 3. The number of ether oxygens (including phenoxy) is 1. The molecular formula is C32H55N3O3. The van der Waals surface area contributed by atoms with Crippen molar-refractivity contribution in [2.45, 2.75) is 96.2 Å². The highest BCUT2D eigenvalue weighted by Gasteiger charge is 2.66. The molecule has 0 aromatic heterocycles. The minimum atomic E-state index is -0.540. The van der Waals surface area contributed by atoms with Crippen LogP contribution in [0.5, 0.6) is 0 Å². The summed E-state index contributed by atoms with van der Waals surface area (Å²) in [4.78, 5) is 10.0. The van der Waals surface area contributed by atoms with E-state index < -0.39 is 5.60 Å². The molecule has 0 bridgehead atoms. The Labute approximate surface area is 232 Å². The molecule has 5 aliphatic rings. The second-order valence-electron chi connectivity index (χ2n) is 14.1. The summed E-state index contributed by atoms with van der Waals surface area (Å²) in [6, 6.07) is 0. The Morgan fingerprint density at radius 3 is 2.58 bits per heavy atom. The van der Waals surface area contributed by atoms with E-state index in [-0.39, 0.29) is 5.41 Å². The van der Waals surface area contributed by atoms with Gasteiger partial charge in [-0.2, -0.15) is 0 Å². The van der Waals surface area contributed by atoms with Crippen LogP contribution in [0.25, 0.3) is 0 Å². The predicted molar refractivity (Wildman–Crippen MR) is 154 cm³/mol. The van der Waals surface area contributed by atoms with Crippen LogP contribution < -0.4 is 0 Å². The van der Waals surface area contributed by atoms with Gasteiger partial charge in [0.05, 0.1) is 24.5 Å². The van der Waals surface area contributed by atoms with Crippen LogP contribution in [0, 0.1) is 34.5 Å². The SMILES string of the molecule is CN(C)CCO/N=C/C=C/[C@H]1CC[C@]2(O)[C@@H]3CC[C@@H]4C[C@@H](OCCN5CCCC5)CC[C@]4(C)[C@H]3CC[C@]12C. The third-order valence-corrected chi connectivity index (χ3v) is 12.0. The highest BCUT2D eigenvalue weighted by molar-refractivity contribution is 5.70. The lowest BCUT2D eigenvalue weighted by Gasteiger charge is -2.63. The fourth-order valence-electron chi connectivity index (χ4n) is 9.58. The number of allylic oxidation sites excluding steroid dienone is 2. The van der Waals surface area contributed by atoms with Crippen molar-refractivity contribution in [1.29, 1.82) is 0 Å². The highest BCUT2D eigenvalue weighted by Crippen LogP contribution is 2.69. The molecule has 1 aliphatic heterocycles. The van der Waals surface area contributed by atoms with Gasteiger partial charge in [-0.1, -0.05) is 25.1 Å². The molecule has 5 rings (SSSR count). The maximum Gasteiger partial charge on any atom is 0.129 e. The lowest BCUT2D eigenvalue weighted by Crippen LogP contribution is -2.62. The first-order valence-electron chi connectivity index (χ1n) is 15.8. The van der Waals surface area contributed by atoms with E-state index in [0.29, 0.717) is 35.9 Å². The number of likely N-dealkylation sites (N-methyl/N-ethyl adjacent to an activating group) is 1. The second-order valence-corrected chi connectivity index (χ2v) is 14.1. The van der Waals surface area contributed by atoms with Crippen molar-refractivity contribution in [1.82, 2.24) is 9.80 Å². The van der Waals surface area contributed by atoms with Gasteiger partial charge >= 0.3 is 0 Å². The van der Waals surface area contributed by atoms with Gasteiger partial charge in [-0.15, -0.1) is 0 Å². The minimum absolute atomic E-state index is 0.0383. The van der Waals surface area contributed by atoms with Crippen molar-refractivity contribution in [3.8, 4) is 0 Å². The highest BCUT2D eigenvalue weighted by atomic mass is 16.6. The number of hydrogen-bond acceptors (Lipinski definition) is 6. The maximum absolute atomic E-state index is 12.4. The summed E-state index contributed by atoms with van der Waals surface area (Å²) in [5.41, 5.74) is -0.218. The Hall–Kier alpha value is -0.950. The normalized spacial score (nSPS) is 43.6. The molecular weight excluding hydrogens is 474 g/mol. The Morgan fingerprint density at radius 1 is 0.974 bits per heavy atom. The summed E-state index contributed by atoms with van der Waals surface area (Å²) >= 11 is 0. The third kappa shape index (κ3) is 5.49. The Morgan fingerprint density at radius 2 is 1.79 bits per heavy atom. The number of rotatable bonds is 10. The van der Waals surface area contributed by atoms with E-state index in [0.717, 1.165) is 44.9 Å². The summed E-state index contributed by atoms with van der Waals surface area (Å²) in [6.07, 6.45) is 19.9. The zero-order valence-electron chi connectivity index (χ0n) is 24.7. The molecule has 1 saturated heterocycles. The van der Waals surface area contributed by atoms with Crippen LogP contribution >= 0.6 is 0 Å². The van der Waals surface area contributed by atoms with Crippen molar-refractivity contribution in [3.05, 3.63) is 12.2 Å². The third-order valence-electron chi connectivity index (χ3n) is 12.0. The Balaban J connectivity index is 1.17. The van der Waals surface area contributed by atoms with E-state index in [1.165, 1.54) is 64.5 Å². The van der Waals surface area contributed by atoms with Gasteiger partial charge in [-0.05, 0) is 133 Å². The van der Waals surface area contributed by atoms with Crippen LogP contribution in [0.3, 0.4) is 0 Å². The number of aliphatic hydroxyl groups is 1. The quantitative estimate of drug-likeness (QED) is 0.235. The number of likely N-dealkylation sites (tertiary alicyclic amines) is 1. The standard InChI is InChI=1S/C32H55N3O3/c1-30-14-12-27(37-22-21-35-18-5-6-19-35)24-26(30)9-10-29-28(30)13-15-31(2)25(11-16-32(29,31)36)8-7-17-33-38-23-20-34(3)4/h7-8,17,25-29,36H,5-6,9-16,18-24H2,1-4H3/b8-7+,33-17+/t25-,26+,27-,28-,29+,30-,31+,32-/m0/s1. The smallest absolute Gasteiger partial charge is 0.129 e. The largest absolute Gasteiger partial charge is 0.394 e. The van der Waals surface area contributed by atoms with E-state index in [2.05, 4.69) is 34.9 Å². The summed E-state index contributed by atoms with van der Waals surface area (Å²) in [5.74, 6) is 2.26. The van der Waals surface area contributed by atoms with Crippen molar-refractivity contribution >= 4 is 6.21 Å². The van der Waals surface area contributed by atoms with Gasteiger partial charge < -0.3 is 24.5 Å². The zero-order valence-corrected chi connectivity index (χ0v) is 24.7. The van der Waals surface area contributed by atoms with E-state index in [4.69, 9.17) is 9.57 Å². The molecule has 0 radical (unpaired) electrons. The van der Waals surface area contributed by atoms with Gasteiger partial charge in [-0.3, -0.25) is 0 Å². The maximum atomic E-state index is 12.4. The van der Waals surface area contributed by atoms with Crippen LogP contribution in [-0.4, -0.2) is 86.3 Å². The minimum Gasteiger partial charge on any atom is -0.394 e. The lowest BCUT2D eigenvalue weighted by molar-refractivity contribution is -0.209. The van der Waals surface area contributed by atoms with Crippen molar-refractivity contribution in [2.24, 2.45) is 39.7 Å². The summed E-state index contributed by atoms with van der Waals surface area (Å²) in [7, 11) is 4.07. The molecule has 8 atom stereocenters. The van der Waals surface area contributed by atoms with Gasteiger partial charge in [0.25, 0.3) is 0 Å². The molecule has 1 N–H and O–H groups in total. The molecule has 0 amide bonds. The molecule has 0 spiro atoms. The van der Waals surface area contributed by atoms with Gasteiger partial charge in [-0.25, -0.2) is 0 Å². The Bertz CT molecular complexity index is 842. The summed E-state index contributed by atoms with van der Waals surface area (Å²) in [5, 5.41) is 16.5. The fourth-order valence-corrected chi connectivity index (χ4v) is 9.58. The molecule has 6 nitrogen and oxygen atoms in total. The average Bonchev–Trinajstić information content (AvgIpc) is 3.49. The van der Waals surface area contributed by atoms with E-state index in [1.807, 2.05) is 20.2 Å². The van der Waals surface area contributed by atoms with Crippen LogP contribution in [-0.2, 0) is 9.57 Å². The topological polar surface area (TPSA) is 57.5 Å². The predicted octanol–water partition coefficient (Wildman–Crippen LogP) is 5.36. The van der Waals surface area contributed by atoms with E-state index in [9.17, 15) is 5.11 Å². The first-order chi connectivity index (χ1) is 18.3. The lowest BCUT2D eigenvalue weighted by atomic mass is 9.43. The molecule has 0 unspecified atom stereocenters. The van der Waals surface area contributed by atoms with Gasteiger partial charge in [0, 0.05) is 18.5 Å². The van der Waals surface area contributed by atoms with Gasteiger partial charge in [0.2, 0.25) is 0 Å². The monoisotopic (exact) mass is 529 g/mol. The molecule has 5 fully saturated rings. The molecule has 0 aromatic carbocycles. The Kier molecular flexibility index (Phi) is 8.94. The molecule has 6 heteroatoms. The average molecular weight is 530 g/mol. The van der Waals surface area contributed by atoms with Crippen LogP contribution in [0.4, 0.5) is 0 Å². The summed E-state index contributed by atoms with van der Waals surface area (Å²) in [6.45, 7) is 11.0. The van der Waals surface area contributed by atoms with Crippen molar-refractivity contribution < 1.29 is 14.7 Å². The van der Waals surface area contributed by atoms with Crippen LogP contribution in [0.15, 0.2) is 17.3 Å². The van der Waals surface area contributed by atoms with Crippen molar-refractivity contribution in [3.63, 3.8) is 0 Å². The molecule has 4 aliphatic carbocycles. The molecule has 0 aromatic rings. The van der Waals surface area contributed by atoms with Crippen molar-refractivity contribution in [2.75, 3.05) is 53.5 Å². The van der Waals surface area contributed by atoms with Crippen LogP contribution in [0.1, 0.15) is 84.5 Å². The molecule has 4 saturated carbocycles. The van der Waals surface area contributed by atoms with Gasteiger partial charge in [0.15, 0.2) is 0 Å². The number of oxime groups is 1. The first kappa shape index (κ1) is 28.6. The first-order valence-corrected chi connectivity index (χ1v) is 15.8. The summed E-state index contributed by atoms with van der Waals surface area (Å²) < 4.78 is 6.45.